The van der Waals surface area contributed by atoms with Crippen LogP contribution in [0.4, 0.5) is 0 Å². The number of rotatable bonds is 13. The van der Waals surface area contributed by atoms with Crippen LogP contribution >= 0.6 is 0 Å². The predicted octanol–water partition coefficient (Wildman–Crippen LogP) is 2.45. The second-order valence-corrected chi connectivity index (χ2v) is 26.7. The Morgan fingerprint density at radius 1 is 0.303 bits per heavy atom. The van der Waals surface area contributed by atoms with E-state index < -0.39 is 367 Å². The maximum atomic E-state index is 16.3. The smallest absolute Gasteiger partial charge is 0.340 e. The van der Waals surface area contributed by atoms with E-state index in [4.69, 9.17) is 47.4 Å². The molecule has 1 unspecified atom stereocenters. The molecule has 0 spiro atoms. The van der Waals surface area contributed by atoms with Crippen molar-refractivity contribution in [1.29, 1.82) is 0 Å². The molecule has 47 heteroatoms. The summed E-state index contributed by atoms with van der Waals surface area (Å²) in [7, 11) is 0. The van der Waals surface area contributed by atoms with Gasteiger partial charge in [0.2, 0.25) is 41.1 Å². The van der Waals surface area contributed by atoms with Gasteiger partial charge in [-0.25, -0.2) is 43.2 Å². The number of benzene rings is 9. The van der Waals surface area contributed by atoms with Crippen molar-refractivity contribution in [2.45, 2.75) is 61.0 Å². The van der Waals surface area contributed by atoms with Crippen molar-refractivity contribution in [2.24, 2.45) is 0 Å². The van der Waals surface area contributed by atoms with Crippen molar-refractivity contribution in [3.63, 3.8) is 0 Å². The molecule has 1 saturated heterocycles. The molecule has 0 radical (unpaired) electrons. The van der Waals surface area contributed by atoms with Crippen molar-refractivity contribution in [1.82, 2.24) is 0 Å². The third kappa shape index (κ3) is 13.9. The summed E-state index contributed by atoms with van der Waals surface area (Å²) in [4.78, 5) is 135. The van der Waals surface area contributed by atoms with E-state index in [1.54, 1.807) is 0 Å². The van der Waals surface area contributed by atoms with E-state index in [1.807, 2.05) is 0 Å². The molecule has 4 aliphatic heterocycles. The van der Waals surface area contributed by atoms with E-state index in [0.29, 0.717) is 54.6 Å². The molecular weight excluding hydrogens is 1650 g/mol. The summed E-state index contributed by atoms with van der Waals surface area (Å²) in [6.45, 7) is -3.47. The Bertz CT molecular complexity index is 5990. The van der Waals surface area contributed by atoms with Crippen molar-refractivity contribution in [3.05, 3.63) is 134 Å². The number of aliphatic hydroxyl groups excluding tert-OH is 1. The highest BCUT2D eigenvalue weighted by atomic mass is 16.8. The molecule has 0 aromatic heterocycles. The molecule has 0 aliphatic carbocycles. The van der Waals surface area contributed by atoms with Gasteiger partial charge >= 0.3 is 53.7 Å². The minimum Gasteiger partial charge on any atom is -0.504 e. The first kappa shape index (κ1) is 82.7. The first-order chi connectivity index (χ1) is 57.3. The summed E-state index contributed by atoms with van der Waals surface area (Å²) in [5.74, 6) is -63.3. The minimum atomic E-state index is -3.32. The number of aliphatic hydroxyl groups is 1. The van der Waals surface area contributed by atoms with Crippen LogP contribution in [0.5, 0.6) is 155 Å². The van der Waals surface area contributed by atoms with Crippen LogP contribution in [0, 0.1) is 0 Å². The van der Waals surface area contributed by atoms with Gasteiger partial charge < -0.3 is 190 Å². The van der Waals surface area contributed by atoms with E-state index in [0.717, 1.165) is 0 Å². The number of carbonyl (C=O) groups is 9. The third-order valence-electron chi connectivity index (χ3n) is 19.3. The zero-order valence-electron chi connectivity index (χ0n) is 59.9. The summed E-state index contributed by atoms with van der Waals surface area (Å²) in [6.07, 6.45) is -27.9. The fourth-order valence-corrected chi connectivity index (χ4v) is 13.6. The number of ether oxygens (including phenoxy) is 10. The normalized spacial score (nSPS) is 19.7. The summed E-state index contributed by atoms with van der Waals surface area (Å²) in [5, 5.41) is 311. The lowest BCUT2D eigenvalue weighted by atomic mass is 9.73. The number of hydrogen-bond acceptors (Lipinski definition) is 47. The average Bonchev–Trinajstić information content (AvgIpc) is 0.702. The number of phenols is 27. The fraction of sp³-hybridized carbons (Fsp3) is 0.160. The Labute approximate surface area is 670 Å². The molecule has 4 heterocycles. The molecule has 13 rings (SSSR count). The molecule has 28 N–H and O–H groups in total. The Morgan fingerprint density at radius 3 is 1.08 bits per heavy atom. The monoisotopic (exact) mass is 1710 g/mol. The molecule has 0 amide bonds. The van der Waals surface area contributed by atoms with Gasteiger partial charge in [-0.2, -0.15) is 0 Å². The van der Waals surface area contributed by atoms with Crippen LogP contribution in [-0.4, -0.2) is 265 Å². The molecule has 2 bridgehead atoms. The Kier molecular flexibility index (Phi) is 20.6. The van der Waals surface area contributed by atoms with Crippen molar-refractivity contribution in [2.75, 3.05) is 13.2 Å². The lowest BCUT2D eigenvalue weighted by molar-refractivity contribution is -0.282. The van der Waals surface area contributed by atoms with E-state index in [2.05, 4.69) is 0 Å². The maximum Gasteiger partial charge on any atom is 0.340 e. The quantitative estimate of drug-likeness (QED) is 0.0448. The lowest BCUT2D eigenvalue weighted by Crippen LogP contribution is -2.63. The van der Waals surface area contributed by atoms with E-state index >= 15 is 19.2 Å². The summed E-state index contributed by atoms with van der Waals surface area (Å²) in [6, 6.07) is 3.71. The van der Waals surface area contributed by atoms with Crippen LogP contribution in [0.15, 0.2) is 72.8 Å². The zero-order valence-corrected chi connectivity index (χ0v) is 59.9. The molecular formula is C75H54O47. The summed E-state index contributed by atoms with van der Waals surface area (Å²) < 4.78 is 57.3. The van der Waals surface area contributed by atoms with Gasteiger partial charge in [0, 0.05) is 33.4 Å². The lowest BCUT2D eigenvalue weighted by Gasteiger charge is -2.44. The molecule has 9 aromatic carbocycles. The fourth-order valence-electron chi connectivity index (χ4n) is 13.6. The van der Waals surface area contributed by atoms with Crippen LogP contribution in [0.3, 0.4) is 0 Å². The first-order valence-corrected chi connectivity index (χ1v) is 33.9. The summed E-state index contributed by atoms with van der Waals surface area (Å²) >= 11 is 0. The van der Waals surface area contributed by atoms with Crippen molar-refractivity contribution in [3.8, 4) is 177 Å². The van der Waals surface area contributed by atoms with Gasteiger partial charge in [-0.3, -0.25) is 0 Å². The molecule has 4 aliphatic rings. The van der Waals surface area contributed by atoms with Crippen molar-refractivity contribution >= 4 is 53.7 Å². The molecule has 636 valence electrons. The molecule has 10 atom stereocenters. The second kappa shape index (κ2) is 30.4. The van der Waals surface area contributed by atoms with Crippen LogP contribution in [0.2, 0.25) is 0 Å². The van der Waals surface area contributed by atoms with Crippen molar-refractivity contribution < 1.29 is 234 Å². The Morgan fingerprint density at radius 2 is 0.639 bits per heavy atom. The van der Waals surface area contributed by atoms with Gasteiger partial charge in [-0.1, -0.05) is 0 Å². The van der Waals surface area contributed by atoms with Crippen LogP contribution < -0.4 is 0 Å². The molecule has 9 aromatic rings. The highest BCUT2D eigenvalue weighted by Crippen LogP contribution is 2.62. The number of esters is 9. The standard InChI is InChI=1S/C75H54O47/c76-23-1-15(2-24(77)45(23)89)66(104)114-14-36-61(64(119-67(105)16-3-25(78)46(90)26(79)4-16)65(121-68(106)17-5-27(80)47(91)28(81)6-17)75(115-36)122-69(107)18-7-29(82)48(92)30(83)8-18)117-72(110)22-12-34(87)52(96)56(100)40(22)43-42-44-41(57(101)59(103)58(42)102)39-21(11-33(86)51(95)55(39)99)73(111)120-63(62(43)118-74(44)112)60-35(88)13-113-70(108)19-9-31(84)49(93)53(97)37(19)38-20(71(109)116-60)10-32(85)50(94)54(38)98/h1-12,35-36,43,60-65,75-103H,13-14H2/t35-,36-,43+,60?,61+,62-,63+,64-,65+,75+/m0/s1. The van der Waals surface area contributed by atoms with E-state index in [9.17, 15) is 167 Å². The predicted molar refractivity (Wildman–Crippen MR) is 379 cm³/mol. The van der Waals surface area contributed by atoms with Crippen LogP contribution in [0.1, 0.15) is 110 Å². The number of phenolic OH excluding ortho intramolecular Hbond substituents is 27. The van der Waals surface area contributed by atoms with Gasteiger partial charge in [0.15, 0.2) is 157 Å². The molecule has 0 saturated carbocycles. The maximum absolute atomic E-state index is 16.3. The zero-order chi connectivity index (χ0) is 89.2. The second-order valence-electron chi connectivity index (χ2n) is 26.7. The largest absolute Gasteiger partial charge is 0.504 e. The highest BCUT2D eigenvalue weighted by molar-refractivity contribution is 6.12. The SMILES string of the molecule is O=C(OC[C@@H]1O[C@H](OC(=O)c2cc(O)c(O)c(O)c2)[C@H](OC(=O)c2cc(O)c(O)c(O)c2)[C@@H](OC(=O)c2cc(O)c(O)c(O)c2)[C@@H]1OC(=O)c1cc(O)c(O)c(O)c1[C@@H]1c2c(O)c(O)c(O)c3c2C(=O)O[C@@H]1[C@@H](C1OC(=O)c2cc(O)c(O)c(O)c2-c2c(cc(O)c(O)c2O)C(=O)OC[C@@H]1O)OC(=O)c1cc(O)c(O)c(O)c1-3)c1cc(O)c(O)c(O)c1. The van der Waals surface area contributed by atoms with Gasteiger partial charge in [0.1, 0.15) is 25.4 Å². The van der Waals surface area contributed by atoms with Gasteiger partial charge in [0.25, 0.3) is 0 Å². The average molecular weight is 1710 g/mol. The van der Waals surface area contributed by atoms with E-state index in [1.165, 1.54) is 0 Å². The van der Waals surface area contributed by atoms with E-state index in [-0.39, 0.29) is 18.2 Å². The highest BCUT2D eigenvalue weighted by Gasteiger charge is 2.59. The minimum absolute atomic E-state index is 0.0159. The third-order valence-corrected chi connectivity index (χ3v) is 19.3. The number of carbonyl (C=O) groups excluding carboxylic acids is 9. The molecule has 1 fully saturated rings. The number of cyclic esters (lactones) is 3. The Hall–Kier alpha value is -17.3. The summed E-state index contributed by atoms with van der Waals surface area (Å²) in [5.41, 5.74) is -20.5. The number of hydrogen-bond donors (Lipinski definition) is 28. The Balaban J connectivity index is 1.07. The molecule has 122 heavy (non-hydrogen) atoms. The first-order valence-electron chi connectivity index (χ1n) is 33.9. The number of aromatic hydroxyl groups is 27. The van der Waals surface area contributed by atoms with Crippen LogP contribution in [0.25, 0.3) is 22.3 Å². The van der Waals surface area contributed by atoms with Crippen LogP contribution in [-0.2, 0) is 47.4 Å². The van der Waals surface area contributed by atoms with Gasteiger partial charge in [-0.05, 0) is 72.8 Å². The van der Waals surface area contributed by atoms with Gasteiger partial charge in [0.05, 0.1) is 56.0 Å². The number of fused-ring (bicyclic) bond motifs is 7. The molecule has 47 nitrogen and oxygen atoms in total. The topological polar surface area (TPSA) is 812 Å². The van der Waals surface area contributed by atoms with Gasteiger partial charge in [-0.15, -0.1) is 0 Å².